The maximum absolute atomic E-state index is 9.50. The Bertz CT molecular complexity index is 2670. The Morgan fingerprint density at radius 2 is 0.672 bits per heavy atom. The summed E-state index contributed by atoms with van der Waals surface area (Å²) in [6.07, 6.45) is 0. The summed E-state index contributed by atoms with van der Waals surface area (Å²) < 4.78 is 0. The third-order valence-electron chi connectivity index (χ3n) is 12.2. The van der Waals surface area contributed by atoms with Gasteiger partial charge in [0, 0.05) is 17.1 Å². The predicted molar refractivity (Wildman–Crippen MR) is 271 cm³/mol. The second-order valence-electron chi connectivity index (χ2n) is 16.3. The van der Waals surface area contributed by atoms with E-state index in [1.54, 1.807) is 0 Å². The van der Waals surface area contributed by atoms with Crippen LogP contribution < -0.4 is 0 Å². The topological polar surface area (TPSA) is 80.9 Å². The van der Waals surface area contributed by atoms with Gasteiger partial charge in [-0.3, -0.25) is 5.56 Å². The average Bonchev–Trinajstić information content (AvgIpc) is 4.01. The molecule has 4 N–H and O–H groups in total. The quantitative estimate of drug-likeness (QED) is 0.0727. The van der Waals surface area contributed by atoms with Crippen LogP contribution in [0.5, 0.6) is 0 Å². The van der Waals surface area contributed by atoms with E-state index >= 15 is 0 Å². The van der Waals surface area contributed by atoms with Gasteiger partial charge in [0.05, 0.1) is 26.4 Å². The smallest absolute Gasteiger partial charge is 0.0681 e. The first-order valence-electron chi connectivity index (χ1n) is 22.3. The molecule has 0 spiro atoms. The van der Waals surface area contributed by atoms with Crippen LogP contribution in [0.3, 0.4) is 0 Å². The molecule has 0 unspecified atom stereocenters. The molecule has 0 fully saturated rings. The van der Waals surface area contributed by atoms with Crippen LogP contribution in [0.25, 0.3) is 89.0 Å². The molecule has 0 aromatic heterocycles. The zero-order valence-electron chi connectivity index (χ0n) is 36.9. The molecule has 336 valence electrons. The molecule has 0 saturated heterocycles. The second kappa shape index (κ2) is 21.9. The first-order valence-corrected chi connectivity index (χ1v) is 22.3. The third-order valence-corrected chi connectivity index (χ3v) is 12.2. The third kappa shape index (κ3) is 10.1. The molecule has 0 amide bonds. The normalized spacial score (nSPS) is 10.8. The van der Waals surface area contributed by atoms with E-state index in [0.29, 0.717) is 0 Å². The Hall–Kier alpha value is -7.18. The molecule has 5 heteroatoms. The SMILES string of the molecule is OCc1ccc(-[c-]2[cH-][c-](-c3ccc(CO)cc3)[c-](-c3ccccc3)[c-]2-c2ccccc2)cc1.OCc1ccc(-c2c[c-](-c3ccc(CO)cc3)c(-c3ccccc3)c2-c2ccccc2)cc1.[Fe]. The van der Waals surface area contributed by atoms with E-state index in [9.17, 15) is 20.4 Å². The number of benzene rings is 8. The van der Waals surface area contributed by atoms with E-state index < -0.39 is 0 Å². The van der Waals surface area contributed by atoms with Gasteiger partial charge in [0.25, 0.3) is 0 Å². The van der Waals surface area contributed by atoms with E-state index in [0.717, 1.165) is 89.0 Å². The fourth-order valence-electron chi connectivity index (χ4n) is 8.80. The van der Waals surface area contributed by atoms with Gasteiger partial charge < -0.3 is 72.0 Å². The molecular formula is C62H50FeO4-6. The molecule has 0 aliphatic rings. The Morgan fingerprint density at radius 3 is 1.06 bits per heavy atom. The number of hydrogen-bond acceptors (Lipinski definition) is 4. The molecule has 0 radical (unpaired) electrons. The molecule has 10 aromatic carbocycles. The summed E-state index contributed by atoms with van der Waals surface area (Å²) in [7, 11) is 0. The van der Waals surface area contributed by atoms with Crippen LogP contribution in [0.1, 0.15) is 22.3 Å². The molecule has 0 aliphatic heterocycles. The van der Waals surface area contributed by atoms with E-state index in [2.05, 4.69) is 158 Å². The summed E-state index contributed by atoms with van der Waals surface area (Å²) in [4.78, 5) is 0. The van der Waals surface area contributed by atoms with E-state index in [1.165, 1.54) is 22.3 Å². The zero-order chi connectivity index (χ0) is 45.2. The van der Waals surface area contributed by atoms with Gasteiger partial charge in [-0.1, -0.05) is 202 Å². The Labute approximate surface area is 403 Å². The van der Waals surface area contributed by atoms with Crippen molar-refractivity contribution >= 4 is 0 Å². The van der Waals surface area contributed by atoms with Gasteiger partial charge in [0.1, 0.15) is 0 Å². The van der Waals surface area contributed by atoms with Crippen LogP contribution in [0.4, 0.5) is 0 Å². The van der Waals surface area contributed by atoms with Crippen molar-refractivity contribution in [2.24, 2.45) is 0 Å². The predicted octanol–water partition coefficient (Wildman–Crippen LogP) is 14.1. The maximum Gasteiger partial charge on any atom is 0.0681 e. The Morgan fingerprint density at radius 1 is 0.328 bits per heavy atom. The standard InChI is InChI=1S/2C31H25O2.Fe/c2*32-20-22-11-15-24(16-12-22)28-19-29(25-17-13-23(21-33)14-18-25)31(27-9-5-2-6-10-27)30(28)26-7-3-1-4-8-26;/h2*1-19,32-33H,20-21H2;/q-5;-1;. The molecule has 0 atom stereocenters. The largest absolute Gasteiger partial charge is 0.533 e. The van der Waals surface area contributed by atoms with Crippen LogP contribution in [0.2, 0.25) is 0 Å². The minimum Gasteiger partial charge on any atom is -0.533 e. The summed E-state index contributed by atoms with van der Waals surface area (Å²) in [6.45, 7) is 0.129. The molecular weight excluding hydrogens is 865 g/mol. The molecule has 10 aromatic rings. The summed E-state index contributed by atoms with van der Waals surface area (Å²) in [5, 5.41) is 38.0. The van der Waals surface area contributed by atoms with Gasteiger partial charge in [0.2, 0.25) is 0 Å². The van der Waals surface area contributed by atoms with Crippen LogP contribution >= 0.6 is 0 Å². The van der Waals surface area contributed by atoms with E-state index in [1.807, 2.05) is 72.8 Å². The van der Waals surface area contributed by atoms with E-state index in [4.69, 9.17) is 0 Å². The van der Waals surface area contributed by atoms with Crippen LogP contribution in [0.15, 0.2) is 231 Å². The van der Waals surface area contributed by atoms with Crippen LogP contribution in [-0.4, -0.2) is 20.4 Å². The molecule has 67 heavy (non-hydrogen) atoms. The second-order valence-corrected chi connectivity index (χ2v) is 16.3. The van der Waals surface area contributed by atoms with Crippen molar-refractivity contribution in [1.82, 2.24) is 0 Å². The number of hydrogen-bond donors (Lipinski definition) is 4. The Kier molecular flexibility index (Phi) is 15.1. The number of aliphatic hydroxyl groups is 4. The number of aliphatic hydroxyl groups excluding tert-OH is 4. The molecule has 0 bridgehead atoms. The summed E-state index contributed by atoms with van der Waals surface area (Å²) in [5.41, 5.74) is 22.1. The van der Waals surface area contributed by atoms with Crippen LogP contribution in [0, 0.1) is 0 Å². The summed E-state index contributed by atoms with van der Waals surface area (Å²) >= 11 is 0. The Balaban J connectivity index is 0.000000179. The van der Waals surface area contributed by atoms with Gasteiger partial charge in [-0.2, -0.15) is 42.0 Å². The summed E-state index contributed by atoms with van der Waals surface area (Å²) in [6, 6.07) is 79.1. The fraction of sp³-hybridized carbons (Fsp3) is 0.0645. The summed E-state index contributed by atoms with van der Waals surface area (Å²) in [5.74, 6) is 0. The molecule has 4 nitrogen and oxygen atoms in total. The average molecular weight is 915 g/mol. The van der Waals surface area contributed by atoms with Gasteiger partial charge in [-0.25, -0.2) is 0 Å². The van der Waals surface area contributed by atoms with Crippen molar-refractivity contribution in [3.63, 3.8) is 0 Å². The molecule has 0 saturated carbocycles. The van der Waals surface area contributed by atoms with Crippen molar-refractivity contribution in [1.29, 1.82) is 0 Å². The molecule has 0 aliphatic carbocycles. The molecule has 10 rings (SSSR count). The van der Waals surface area contributed by atoms with Gasteiger partial charge >= 0.3 is 0 Å². The monoisotopic (exact) mass is 914 g/mol. The van der Waals surface area contributed by atoms with Gasteiger partial charge in [-0.05, 0) is 16.7 Å². The van der Waals surface area contributed by atoms with Gasteiger partial charge in [0.15, 0.2) is 0 Å². The first kappa shape index (κ1) is 46.4. The molecule has 0 heterocycles. The van der Waals surface area contributed by atoms with Crippen molar-refractivity contribution in [3.8, 4) is 89.0 Å². The minimum atomic E-state index is 0. The first-order chi connectivity index (χ1) is 32.6. The minimum absolute atomic E-state index is 0. The fourth-order valence-corrected chi connectivity index (χ4v) is 8.80. The van der Waals surface area contributed by atoms with Crippen molar-refractivity contribution in [2.75, 3.05) is 0 Å². The van der Waals surface area contributed by atoms with E-state index in [-0.39, 0.29) is 43.5 Å². The van der Waals surface area contributed by atoms with Crippen molar-refractivity contribution in [3.05, 3.63) is 253 Å². The van der Waals surface area contributed by atoms with Gasteiger partial charge in [-0.15, -0.1) is 23.8 Å². The van der Waals surface area contributed by atoms with Crippen molar-refractivity contribution < 1.29 is 37.5 Å². The van der Waals surface area contributed by atoms with Crippen LogP contribution in [-0.2, 0) is 43.5 Å². The zero-order valence-corrected chi connectivity index (χ0v) is 38.0. The number of rotatable bonds is 12. The van der Waals surface area contributed by atoms with Crippen molar-refractivity contribution in [2.45, 2.75) is 26.4 Å². The maximum atomic E-state index is 9.50.